The first-order valence-corrected chi connectivity index (χ1v) is 11.6. The highest BCUT2D eigenvalue weighted by atomic mass is 35.5. The first kappa shape index (κ1) is 27.2. The Bertz CT molecular complexity index is 1350. The minimum absolute atomic E-state index is 0.0429. The summed E-state index contributed by atoms with van der Waals surface area (Å²) in [7, 11) is 0. The first-order valence-electron chi connectivity index (χ1n) is 11.2. The van der Waals surface area contributed by atoms with Crippen molar-refractivity contribution in [3.05, 3.63) is 76.3 Å². The lowest BCUT2D eigenvalue weighted by atomic mass is 9.96. The maximum absolute atomic E-state index is 14.7. The highest BCUT2D eigenvalue weighted by Crippen LogP contribution is 2.37. The number of rotatable bonds is 7. The number of ether oxygens (including phenoxy) is 1. The molecule has 0 unspecified atom stereocenters. The van der Waals surface area contributed by atoms with Crippen LogP contribution in [-0.2, 0) is 22.3 Å². The zero-order valence-corrected chi connectivity index (χ0v) is 20.6. The van der Waals surface area contributed by atoms with E-state index in [4.69, 9.17) is 16.3 Å². The maximum Gasteiger partial charge on any atom is 0.418 e. The molecule has 200 valence electrons. The zero-order chi connectivity index (χ0) is 27.5. The van der Waals surface area contributed by atoms with Crippen LogP contribution in [0.3, 0.4) is 0 Å². The summed E-state index contributed by atoms with van der Waals surface area (Å²) >= 11 is 5.68. The van der Waals surface area contributed by atoms with Crippen LogP contribution in [0.5, 0.6) is 0 Å². The summed E-state index contributed by atoms with van der Waals surface area (Å²) in [6.07, 6.45) is -0.720. The van der Waals surface area contributed by atoms with E-state index in [1.165, 1.54) is 18.5 Å². The number of nitrogens with one attached hydrogen (secondary N) is 3. The van der Waals surface area contributed by atoms with Gasteiger partial charge in [-0.1, -0.05) is 11.6 Å². The molecule has 2 aromatic heterocycles. The average Bonchev–Trinajstić information content (AvgIpc) is 3.34. The number of nitrogens with zero attached hydrogens (tertiary/aromatic N) is 3. The Morgan fingerprint density at radius 2 is 1.87 bits per heavy atom. The van der Waals surface area contributed by atoms with Gasteiger partial charge in [0, 0.05) is 36.5 Å². The quantitative estimate of drug-likeness (QED) is 0.380. The summed E-state index contributed by atoms with van der Waals surface area (Å²) in [5, 5.41) is 7.58. The van der Waals surface area contributed by atoms with E-state index in [1.54, 1.807) is 6.92 Å². The number of halogens is 5. The Hall–Kier alpha value is -3.84. The van der Waals surface area contributed by atoms with Gasteiger partial charge in [0.25, 0.3) is 5.91 Å². The lowest BCUT2D eigenvalue weighted by Gasteiger charge is -2.27. The number of amides is 2. The lowest BCUT2D eigenvalue weighted by Crippen LogP contribution is -2.59. The van der Waals surface area contributed by atoms with E-state index >= 15 is 0 Å². The second-order valence-corrected chi connectivity index (χ2v) is 8.94. The summed E-state index contributed by atoms with van der Waals surface area (Å²) in [5.41, 5.74) is -2.81. The van der Waals surface area contributed by atoms with Crippen LogP contribution in [0.2, 0.25) is 5.02 Å². The minimum atomic E-state index is -4.69. The molecule has 9 nitrogen and oxygen atoms in total. The van der Waals surface area contributed by atoms with E-state index in [2.05, 4.69) is 30.9 Å². The van der Waals surface area contributed by atoms with Crippen LogP contribution in [-0.4, -0.2) is 45.5 Å². The molecule has 3 aromatic rings. The third-order valence-electron chi connectivity index (χ3n) is 5.75. The van der Waals surface area contributed by atoms with Gasteiger partial charge in [-0.05, 0) is 25.1 Å². The molecule has 4 rings (SSSR count). The van der Waals surface area contributed by atoms with Gasteiger partial charge in [-0.15, -0.1) is 0 Å². The molecule has 3 N–H and O–H groups in total. The number of carbonyl (C=O) groups is 2. The SMILES string of the molecule is Cc1ncc(C(=O)N[C@@]2(C(=O)NCc3ncc(Nc4ccc(Cl)cc4C(F)(F)F)cc3F)CCOC2)cn1. The Morgan fingerprint density at radius 1 is 1.13 bits per heavy atom. The highest BCUT2D eigenvalue weighted by molar-refractivity contribution is 6.30. The van der Waals surface area contributed by atoms with E-state index in [-0.39, 0.29) is 53.8 Å². The molecule has 38 heavy (non-hydrogen) atoms. The van der Waals surface area contributed by atoms with Gasteiger partial charge in [-0.25, -0.2) is 14.4 Å². The largest absolute Gasteiger partial charge is 0.418 e. The second kappa shape index (κ2) is 10.9. The topological polar surface area (TPSA) is 118 Å². The normalized spacial score (nSPS) is 17.2. The van der Waals surface area contributed by atoms with Crippen LogP contribution in [0.4, 0.5) is 28.9 Å². The van der Waals surface area contributed by atoms with Crippen LogP contribution >= 0.6 is 11.6 Å². The molecule has 0 spiro atoms. The lowest BCUT2D eigenvalue weighted by molar-refractivity contribution is -0.137. The van der Waals surface area contributed by atoms with Crippen molar-refractivity contribution in [2.24, 2.45) is 0 Å². The molecule has 14 heteroatoms. The maximum atomic E-state index is 14.7. The molecule has 1 aliphatic rings. The van der Waals surface area contributed by atoms with Crippen molar-refractivity contribution >= 4 is 34.8 Å². The van der Waals surface area contributed by atoms with Crippen LogP contribution < -0.4 is 16.0 Å². The minimum Gasteiger partial charge on any atom is -0.378 e. The predicted octanol–water partition coefficient (Wildman–Crippen LogP) is 3.94. The molecule has 2 amide bonds. The van der Waals surface area contributed by atoms with E-state index in [0.717, 1.165) is 24.4 Å². The van der Waals surface area contributed by atoms with E-state index in [0.29, 0.717) is 5.82 Å². The van der Waals surface area contributed by atoms with Gasteiger partial charge in [-0.3, -0.25) is 14.6 Å². The van der Waals surface area contributed by atoms with Crippen LogP contribution in [0, 0.1) is 12.7 Å². The molecule has 1 atom stereocenters. The summed E-state index contributed by atoms with van der Waals surface area (Å²) in [4.78, 5) is 37.5. The number of pyridine rings is 1. The van der Waals surface area contributed by atoms with E-state index in [9.17, 15) is 27.2 Å². The van der Waals surface area contributed by atoms with Crippen molar-refractivity contribution < 1.29 is 31.9 Å². The number of hydrogen-bond donors (Lipinski definition) is 3. The molecule has 3 heterocycles. The summed E-state index contributed by atoms with van der Waals surface area (Å²) < 4.78 is 60.1. The Balaban J connectivity index is 1.44. The number of benzene rings is 1. The molecule has 1 aromatic carbocycles. The molecular weight excluding hydrogens is 532 g/mol. The monoisotopic (exact) mass is 552 g/mol. The third kappa shape index (κ3) is 6.17. The Labute approximate surface area is 219 Å². The van der Waals surface area contributed by atoms with Crippen molar-refractivity contribution in [3.8, 4) is 0 Å². The molecule has 1 aliphatic heterocycles. The number of hydrogen-bond acceptors (Lipinski definition) is 7. The smallest absolute Gasteiger partial charge is 0.378 e. The van der Waals surface area contributed by atoms with Crippen LogP contribution in [0.25, 0.3) is 0 Å². The van der Waals surface area contributed by atoms with E-state index < -0.39 is 34.9 Å². The van der Waals surface area contributed by atoms with Gasteiger partial charge in [0.1, 0.15) is 17.2 Å². The Kier molecular flexibility index (Phi) is 7.78. The molecule has 1 saturated heterocycles. The summed E-state index contributed by atoms with van der Waals surface area (Å²) in [6.45, 7) is 1.44. The van der Waals surface area contributed by atoms with Crippen LogP contribution in [0.1, 0.15) is 33.9 Å². The fourth-order valence-electron chi connectivity index (χ4n) is 3.71. The number of anilines is 2. The fraction of sp³-hybridized carbons (Fsp3) is 0.292. The summed E-state index contributed by atoms with van der Waals surface area (Å²) in [6, 6.07) is 4.10. The molecule has 0 saturated carbocycles. The molecular formula is C24H21ClF4N6O3. The van der Waals surface area contributed by atoms with E-state index in [1.807, 2.05) is 0 Å². The van der Waals surface area contributed by atoms with Gasteiger partial charge in [0.2, 0.25) is 5.91 Å². The fourth-order valence-corrected chi connectivity index (χ4v) is 3.88. The molecule has 1 fully saturated rings. The Morgan fingerprint density at radius 3 is 2.50 bits per heavy atom. The summed E-state index contributed by atoms with van der Waals surface area (Å²) in [5.74, 6) is -1.58. The van der Waals surface area contributed by atoms with Crippen molar-refractivity contribution in [2.45, 2.75) is 31.6 Å². The van der Waals surface area contributed by atoms with Crippen molar-refractivity contribution in [3.63, 3.8) is 0 Å². The molecule has 0 bridgehead atoms. The number of aromatic nitrogens is 3. The van der Waals surface area contributed by atoms with Gasteiger partial charge in [0.15, 0.2) is 0 Å². The van der Waals surface area contributed by atoms with Gasteiger partial charge in [-0.2, -0.15) is 13.2 Å². The molecule has 0 radical (unpaired) electrons. The average molecular weight is 553 g/mol. The van der Waals surface area contributed by atoms with Crippen LogP contribution in [0.15, 0.2) is 42.9 Å². The number of alkyl halides is 3. The van der Waals surface area contributed by atoms with Crippen molar-refractivity contribution in [2.75, 3.05) is 18.5 Å². The molecule has 0 aliphatic carbocycles. The predicted molar refractivity (Wildman–Crippen MR) is 128 cm³/mol. The number of carbonyl (C=O) groups excluding carboxylic acids is 2. The van der Waals surface area contributed by atoms with Gasteiger partial charge < -0.3 is 20.7 Å². The van der Waals surface area contributed by atoms with Crippen molar-refractivity contribution in [1.82, 2.24) is 25.6 Å². The van der Waals surface area contributed by atoms with Gasteiger partial charge >= 0.3 is 6.18 Å². The number of aryl methyl sites for hydroxylation is 1. The van der Waals surface area contributed by atoms with Gasteiger partial charge in [0.05, 0.1) is 47.5 Å². The first-order chi connectivity index (χ1) is 18.0. The zero-order valence-electron chi connectivity index (χ0n) is 19.8. The van der Waals surface area contributed by atoms with Crippen molar-refractivity contribution in [1.29, 1.82) is 0 Å². The highest BCUT2D eigenvalue weighted by Gasteiger charge is 2.44. The third-order valence-corrected chi connectivity index (χ3v) is 5.99. The second-order valence-electron chi connectivity index (χ2n) is 8.51. The standard InChI is InChI=1S/C24H21ClF4N6O3/c1-13-30-8-14(9-31-13)21(36)35-23(4-5-38-12-23)22(37)33-11-20-18(26)7-16(10-32-20)34-19-3-2-15(25)6-17(19)24(27,28)29/h2-3,6-10,34H,4-5,11-12H2,1H3,(H,33,37)(H,35,36)/t23-/m0/s1.